The zero-order valence-corrected chi connectivity index (χ0v) is 19.3. The Morgan fingerprint density at radius 1 is 1.12 bits per heavy atom. The van der Waals surface area contributed by atoms with Crippen molar-refractivity contribution < 1.29 is 24.5 Å². The van der Waals surface area contributed by atoms with Crippen LogP contribution in [0.15, 0.2) is 60.3 Å². The summed E-state index contributed by atoms with van der Waals surface area (Å²) < 4.78 is 5.40. The summed E-state index contributed by atoms with van der Waals surface area (Å²) in [6.07, 6.45) is 3.54. The van der Waals surface area contributed by atoms with Crippen LogP contribution in [0.1, 0.15) is 45.7 Å². The zero-order valence-electron chi connectivity index (χ0n) is 18.6. The fraction of sp³-hybridized carbons (Fsp3) is 0.192. The van der Waals surface area contributed by atoms with Crippen molar-refractivity contribution in [2.24, 2.45) is 0 Å². The average Bonchev–Trinajstić information content (AvgIpc) is 2.77. The number of halogens is 1. The van der Waals surface area contributed by atoms with Crippen molar-refractivity contribution in [1.82, 2.24) is 4.98 Å². The first-order chi connectivity index (χ1) is 15.7. The quantitative estimate of drug-likeness (QED) is 0.250. The normalized spacial score (nSPS) is 10.5. The van der Waals surface area contributed by atoms with Gasteiger partial charge in [-0.15, -0.1) is 0 Å². The molecule has 0 bridgehead atoms. The monoisotopic (exact) mass is 465 g/mol. The van der Waals surface area contributed by atoms with Crippen molar-refractivity contribution in [3.8, 4) is 22.6 Å². The Bertz CT molecular complexity index is 1250. The van der Waals surface area contributed by atoms with Gasteiger partial charge in [-0.3, -0.25) is 4.79 Å². The number of nitrogens with zero attached hydrogens (tertiary/aromatic N) is 1. The molecule has 0 fully saturated rings. The average molecular weight is 466 g/mol. The van der Waals surface area contributed by atoms with Crippen LogP contribution in [-0.4, -0.2) is 34.1 Å². The Hall–Kier alpha value is -3.64. The van der Waals surface area contributed by atoms with Crippen LogP contribution in [0.4, 0.5) is 0 Å². The Morgan fingerprint density at radius 2 is 1.85 bits per heavy atom. The number of rotatable bonds is 8. The van der Waals surface area contributed by atoms with E-state index in [0.717, 1.165) is 16.7 Å². The summed E-state index contributed by atoms with van der Waals surface area (Å²) in [6.45, 7) is 3.81. The van der Waals surface area contributed by atoms with Gasteiger partial charge in [0.05, 0.1) is 7.11 Å². The molecule has 2 N–H and O–H groups in total. The molecule has 1 aromatic heterocycles. The molecule has 0 saturated carbocycles. The van der Waals surface area contributed by atoms with Gasteiger partial charge in [0.25, 0.3) is 0 Å². The summed E-state index contributed by atoms with van der Waals surface area (Å²) in [5.41, 5.74) is 3.26. The second-order valence-corrected chi connectivity index (χ2v) is 8.17. The number of benzene rings is 2. The van der Waals surface area contributed by atoms with Gasteiger partial charge in [-0.05, 0) is 61.2 Å². The molecule has 7 heteroatoms. The first kappa shape index (κ1) is 24.0. The highest BCUT2D eigenvalue weighted by molar-refractivity contribution is 6.29. The van der Waals surface area contributed by atoms with Gasteiger partial charge in [0.15, 0.2) is 5.78 Å². The molecule has 170 valence electrons. The van der Waals surface area contributed by atoms with E-state index >= 15 is 0 Å². The van der Waals surface area contributed by atoms with E-state index < -0.39 is 5.97 Å². The number of carbonyl (C=O) groups excluding carboxylic acids is 1. The number of aromatic carboxylic acids is 1. The number of aromatic hydroxyl groups is 1. The molecule has 1 heterocycles. The summed E-state index contributed by atoms with van der Waals surface area (Å²) in [5.74, 6) is -1.66. The van der Waals surface area contributed by atoms with E-state index in [1.165, 1.54) is 13.2 Å². The van der Waals surface area contributed by atoms with Crippen molar-refractivity contribution >= 4 is 23.4 Å². The SMILES string of the molecule is COc1cc(CC(=O)c2cccc(-c3ccnc(Cl)c3)c2)c(C(=O)O)c(O)c1CC=C(C)C. The van der Waals surface area contributed by atoms with Crippen LogP contribution >= 0.6 is 11.6 Å². The number of hydrogen-bond donors (Lipinski definition) is 2. The number of phenols is 1. The molecule has 0 amide bonds. The van der Waals surface area contributed by atoms with Crippen molar-refractivity contribution in [3.05, 3.63) is 87.7 Å². The fourth-order valence-corrected chi connectivity index (χ4v) is 3.70. The maximum Gasteiger partial charge on any atom is 0.339 e. The van der Waals surface area contributed by atoms with E-state index in [1.807, 2.05) is 26.0 Å². The molecule has 0 radical (unpaired) electrons. The number of pyridine rings is 1. The third-order valence-corrected chi connectivity index (χ3v) is 5.40. The lowest BCUT2D eigenvalue weighted by Gasteiger charge is -2.16. The Kier molecular flexibility index (Phi) is 7.51. The molecule has 3 aromatic rings. The molecular weight excluding hydrogens is 442 g/mol. The van der Waals surface area contributed by atoms with E-state index in [9.17, 15) is 19.8 Å². The fourth-order valence-electron chi connectivity index (χ4n) is 3.53. The van der Waals surface area contributed by atoms with Crippen molar-refractivity contribution in [1.29, 1.82) is 0 Å². The lowest BCUT2D eigenvalue weighted by atomic mass is 9.93. The molecule has 6 nitrogen and oxygen atoms in total. The van der Waals surface area contributed by atoms with Gasteiger partial charge in [0.2, 0.25) is 0 Å². The molecule has 3 rings (SSSR count). The van der Waals surface area contributed by atoms with Crippen LogP contribution in [0, 0.1) is 0 Å². The van der Waals surface area contributed by atoms with Gasteiger partial charge in [0.1, 0.15) is 22.2 Å². The van der Waals surface area contributed by atoms with E-state index in [-0.39, 0.29) is 29.1 Å². The van der Waals surface area contributed by atoms with E-state index in [1.54, 1.807) is 36.5 Å². The van der Waals surface area contributed by atoms with Gasteiger partial charge in [0, 0.05) is 23.7 Å². The van der Waals surface area contributed by atoms with Gasteiger partial charge in [-0.25, -0.2) is 9.78 Å². The molecule has 33 heavy (non-hydrogen) atoms. The molecular formula is C26H24ClNO5. The van der Waals surface area contributed by atoms with Crippen LogP contribution in [0.5, 0.6) is 11.5 Å². The van der Waals surface area contributed by atoms with E-state index in [0.29, 0.717) is 28.5 Å². The molecule has 0 saturated heterocycles. The number of ketones is 1. The van der Waals surface area contributed by atoms with Gasteiger partial charge >= 0.3 is 5.97 Å². The molecule has 0 spiro atoms. The van der Waals surface area contributed by atoms with Crippen molar-refractivity contribution in [2.45, 2.75) is 26.7 Å². The van der Waals surface area contributed by atoms with Gasteiger partial charge in [-0.1, -0.05) is 41.4 Å². The maximum absolute atomic E-state index is 13.1. The molecule has 2 aromatic carbocycles. The van der Waals surface area contributed by atoms with Gasteiger partial charge < -0.3 is 14.9 Å². The number of hydrogen-bond acceptors (Lipinski definition) is 5. The summed E-state index contributed by atoms with van der Waals surface area (Å²) in [4.78, 5) is 29.0. The number of aromatic nitrogens is 1. The van der Waals surface area contributed by atoms with E-state index in [4.69, 9.17) is 16.3 Å². The number of ether oxygens (including phenoxy) is 1. The number of methoxy groups -OCH3 is 1. The lowest BCUT2D eigenvalue weighted by Crippen LogP contribution is -2.11. The zero-order chi connectivity index (χ0) is 24.1. The highest BCUT2D eigenvalue weighted by Gasteiger charge is 2.24. The van der Waals surface area contributed by atoms with Crippen LogP contribution in [0.3, 0.4) is 0 Å². The Labute approximate surface area is 197 Å². The van der Waals surface area contributed by atoms with Crippen LogP contribution in [-0.2, 0) is 12.8 Å². The third kappa shape index (κ3) is 5.59. The number of allylic oxidation sites excluding steroid dienone is 2. The first-order valence-electron chi connectivity index (χ1n) is 10.2. The Morgan fingerprint density at radius 3 is 2.48 bits per heavy atom. The third-order valence-electron chi connectivity index (χ3n) is 5.19. The maximum atomic E-state index is 13.1. The summed E-state index contributed by atoms with van der Waals surface area (Å²) >= 11 is 5.97. The number of carboxylic acids is 1. The smallest absolute Gasteiger partial charge is 0.339 e. The second kappa shape index (κ2) is 10.3. The topological polar surface area (TPSA) is 96.7 Å². The van der Waals surface area contributed by atoms with Crippen LogP contribution in [0.2, 0.25) is 5.15 Å². The van der Waals surface area contributed by atoms with Crippen molar-refractivity contribution in [2.75, 3.05) is 7.11 Å². The predicted molar refractivity (Wildman–Crippen MR) is 127 cm³/mol. The first-order valence-corrected chi connectivity index (χ1v) is 10.6. The summed E-state index contributed by atoms with van der Waals surface area (Å²) in [6, 6.07) is 12.0. The summed E-state index contributed by atoms with van der Waals surface area (Å²) in [5, 5.41) is 20.9. The molecule has 0 aliphatic rings. The summed E-state index contributed by atoms with van der Waals surface area (Å²) in [7, 11) is 1.44. The number of Topliss-reactive ketones (excluding diaryl/α,β-unsaturated/α-hetero) is 1. The molecule has 0 aliphatic heterocycles. The second-order valence-electron chi connectivity index (χ2n) is 7.78. The molecule has 0 unspecified atom stereocenters. The minimum atomic E-state index is -1.31. The largest absolute Gasteiger partial charge is 0.507 e. The minimum absolute atomic E-state index is 0.181. The standard InChI is InChI=1S/C26H24ClNO5/c1-15(2)7-8-20-22(33-3)13-19(24(25(20)30)26(31)32)12-21(29)18-6-4-5-16(11-18)17-9-10-28-23(27)14-17/h4-7,9-11,13-14,30H,8,12H2,1-3H3,(H,31,32). The molecule has 0 atom stereocenters. The highest BCUT2D eigenvalue weighted by atomic mass is 35.5. The van der Waals surface area contributed by atoms with Crippen LogP contribution < -0.4 is 4.74 Å². The predicted octanol–water partition coefficient (Wildman–Crippen LogP) is 5.75. The van der Waals surface area contributed by atoms with Crippen molar-refractivity contribution in [3.63, 3.8) is 0 Å². The van der Waals surface area contributed by atoms with Crippen LogP contribution in [0.25, 0.3) is 11.1 Å². The number of carboxylic acid groups (broad SMARTS) is 1. The van der Waals surface area contributed by atoms with E-state index in [2.05, 4.69) is 4.98 Å². The highest BCUT2D eigenvalue weighted by Crippen LogP contribution is 2.36. The Balaban J connectivity index is 2.00. The molecule has 0 aliphatic carbocycles. The minimum Gasteiger partial charge on any atom is -0.507 e. The lowest BCUT2D eigenvalue weighted by molar-refractivity contribution is 0.0692. The number of carbonyl (C=O) groups is 2. The van der Waals surface area contributed by atoms with Gasteiger partial charge in [-0.2, -0.15) is 0 Å².